The summed E-state index contributed by atoms with van der Waals surface area (Å²) in [5.74, 6) is 1.09. The molecule has 0 aliphatic carbocycles. The van der Waals surface area contributed by atoms with Crippen molar-refractivity contribution in [2.45, 2.75) is 47.0 Å². The summed E-state index contributed by atoms with van der Waals surface area (Å²) in [5.41, 5.74) is 4.16. The third kappa shape index (κ3) is 2.98. The lowest BCUT2D eigenvalue weighted by molar-refractivity contribution is 0.335. The van der Waals surface area contributed by atoms with Crippen LogP contribution in [0.5, 0.6) is 5.75 Å². The number of hydrogen-bond donors (Lipinski definition) is 0. The zero-order chi connectivity index (χ0) is 11.3. The molecule has 84 valence electrons. The lowest BCUT2D eigenvalue weighted by Gasteiger charge is -2.15. The van der Waals surface area contributed by atoms with Gasteiger partial charge in [-0.15, -0.1) is 0 Å². The highest BCUT2D eigenvalue weighted by atomic mass is 16.5. The van der Waals surface area contributed by atoms with E-state index in [0.717, 1.165) is 25.2 Å². The van der Waals surface area contributed by atoms with Gasteiger partial charge in [-0.3, -0.25) is 0 Å². The lowest BCUT2D eigenvalue weighted by Crippen LogP contribution is -2.01. The van der Waals surface area contributed by atoms with Gasteiger partial charge in [-0.2, -0.15) is 0 Å². The molecule has 0 fully saturated rings. The molecule has 1 aromatic carbocycles. The predicted octanol–water partition coefficient (Wildman–Crippen LogP) is 3.91. The fourth-order valence-electron chi connectivity index (χ4n) is 1.99. The first-order chi connectivity index (χ1) is 7.22. The average Bonchev–Trinajstić information content (AvgIpc) is 2.22. The van der Waals surface area contributed by atoms with Gasteiger partial charge in [0.2, 0.25) is 0 Å². The Kier molecular flexibility index (Phi) is 4.67. The van der Waals surface area contributed by atoms with Crippen LogP contribution in [0.25, 0.3) is 0 Å². The minimum atomic E-state index is 0.753. The molecule has 0 N–H and O–H groups in total. The molecule has 1 nitrogen and oxygen atoms in total. The third-order valence-electron chi connectivity index (χ3n) is 2.63. The van der Waals surface area contributed by atoms with E-state index in [0.29, 0.717) is 0 Å². The molecule has 0 saturated carbocycles. The Hall–Kier alpha value is -0.980. The van der Waals surface area contributed by atoms with E-state index in [-0.39, 0.29) is 0 Å². The second-order valence-electron chi connectivity index (χ2n) is 3.94. The highest BCUT2D eigenvalue weighted by molar-refractivity contribution is 5.43. The van der Waals surface area contributed by atoms with E-state index in [4.69, 9.17) is 4.74 Å². The number of ether oxygens (including phenoxy) is 1. The van der Waals surface area contributed by atoms with Gasteiger partial charge in [0.1, 0.15) is 5.75 Å². The summed E-state index contributed by atoms with van der Waals surface area (Å²) in [4.78, 5) is 0. The molecule has 1 heteroatoms. The normalized spacial score (nSPS) is 10.4. The van der Waals surface area contributed by atoms with E-state index in [1.54, 1.807) is 0 Å². The van der Waals surface area contributed by atoms with Crippen molar-refractivity contribution in [2.75, 3.05) is 6.61 Å². The smallest absolute Gasteiger partial charge is 0.122 e. The molecule has 0 saturated heterocycles. The SMILES string of the molecule is CCCc1c(CC)cc(C)cc1OCC. The zero-order valence-corrected chi connectivity index (χ0v) is 10.4. The Labute approximate surface area is 93.5 Å². The van der Waals surface area contributed by atoms with E-state index >= 15 is 0 Å². The molecule has 0 amide bonds. The van der Waals surface area contributed by atoms with Crippen LogP contribution < -0.4 is 4.74 Å². The fraction of sp³-hybridized carbons (Fsp3) is 0.571. The van der Waals surface area contributed by atoms with Crippen molar-refractivity contribution >= 4 is 0 Å². The maximum atomic E-state index is 5.71. The Morgan fingerprint density at radius 1 is 1.13 bits per heavy atom. The second-order valence-corrected chi connectivity index (χ2v) is 3.94. The molecule has 0 bridgehead atoms. The molecule has 0 atom stereocenters. The van der Waals surface area contributed by atoms with Crippen molar-refractivity contribution in [3.8, 4) is 5.75 Å². The van der Waals surface area contributed by atoms with Crippen molar-refractivity contribution in [1.82, 2.24) is 0 Å². The first-order valence-corrected chi connectivity index (χ1v) is 5.98. The van der Waals surface area contributed by atoms with Crippen molar-refractivity contribution in [3.05, 3.63) is 28.8 Å². The summed E-state index contributed by atoms with van der Waals surface area (Å²) >= 11 is 0. The van der Waals surface area contributed by atoms with E-state index in [1.165, 1.54) is 23.1 Å². The summed E-state index contributed by atoms with van der Waals surface area (Å²) in [5, 5.41) is 0. The molecule has 0 aliphatic rings. The summed E-state index contributed by atoms with van der Waals surface area (Å²) in [6, 6.07) is 4.45. The molecular weight excluding hydrogens is 184 g/mol. The topological polar surface area (TPSA) is 9.23 Å². The molecular formula is C14H22O. The van der Waals surface area contributed by atoms with Crippen LogP contribution in [-0.4, -0.2) is 6.61 Å². The molecule has 1 aromatic rings. The van der Waals surface area contributed by atoms with E-state index in [2.05, 4.69) is 32.9 Å². The van der Waals surface area contributed by atoms with E-state index in [9.17, 15) is 0 Å². The molecule has 0 unspecified atom stereocenters. The van der Waals surface area contributed by atoms with Gasteiger partial charge in [0, 0.05) is 0 Å². The minimum Gasteiger partial charge on any atom is -0.494 e. The van der Waals surface area contributed by atoms with Gasteiger partial charge in [0.25, 0.3) is 0 Å². The highest BCUT2D eigenvalue weighted by Gasteiger charge is 2.08. The van der Waals surface area contributed by atoms with Gasteiger partial charge in [0.15, 0.2) is 0 Å². The predicted molar refractivity (Wildman–Crippen MR) is 65.7 cm³/mol. The number of rotatable bonds is 5. The Morgan fingerprint density at radius 3 is 2.40 bits per heavy atom. The molecule has 0 aliphatic heterocycles. The fourth-order valence-corrected chi connectivity index (χ4v) is 1.99. The van der Waals surface area contributed by atoms with Crippen LogP contribution in [0.4, 0.5) is 0 Å². The highest BCUT2D eigenvalue weighted by Crippen LogP contribution is 2.26. The standard InChI is InChI=1S/C14H22O/c1-5-8-13-12(6-2)9-11(4)10-14(13)15-7-3/h9-10H,5-8H2,1-4H3. The van der Waals surface area contributed by atoms with Crippen molar-refractivity contribution in [1.29, 1.82) is 0 Å². The summed E-state index contributed by atoms with van der Waals surface area (Å²) in [6.45, 7) is 9.36. The van der Waals surface area contributed by atoms with Gasteiger partial charge in [-0.1, -0.05) is 26.3 Å². The quantitative estimate of drug-likeness (QED) is 0.709. The monoisotopic (exact) mass is 206 g/mol. The molecule has 0 spiro atoms. The molecule has 0 aromatic heterocycles. The first kappa shape index (κ1) is 12.1. The van der Waals surface area contributed by atoms with Crippen LogP contribution >= 0.6 is 0 Å². The van der Waals surface area contributed by atoms with Crippen LogP contribution in [-0.2, 0) is 12.8 Å². The van der Waals surface area contributed by atoms with E-state index < -0.39 is 0 Å². The van der Waals surface area contributed by atoms with Crippen LogP contribution in [0, 0.1) is 6.92 Å². The third-order valence-corrected chi connectivity index (χ3v) is 2.63. The van der Waals surface area contributed by atoms with Crippen LogP contribution in [0.2, 0.25) is 0 Å². The summed E-state index contributed by atoms with van der Waals surface area (Å²) < 4.78 is 5.71. The Morgan fingerprint density at radius 2 is 1.87 bits per heavy atom. The van der Waals surface area contributed by atoms with Crippen molar-refractivity contribution in [2.24, 2.45) is 0 Å². The molecule has 1 rings (SSSR count). The van der Waals surface area contributed by atoms with Crippen molar-refractivity contribution in [3.63, 3.8) is 0 Å². The average molecular weight is 206 g/mol. The Balaban J connectivity index is 3.14. The maximum Gasteiger partial charge on any atom is 0.122 e. The zero-order valence-electron chi connectivity index (χ0n) is 10.4. The lowest BCUT2D eigenvalue weighted by atomic mass is 9.98. The van der Waals surface area contributed by atoms with Crippen LogP contribution in [0.1, 0.15) is 43.9 Å². The second kappa shape index (κ2) is 5.79. The minimum absolute atomic E-state index is 0.753. The van der Waals surface area contributed by atoms with Gasteiger partial charge in [0.05, 0.1) is 6.61 Å². The number of hydrogen-bond acceptors (Lipinski definition) is 1. The first-order valence-electron chi connectivity index (χ1n) is 5.98. The molecule has 0 heterocycles. The van der Waals surface area contributed by atoms with Gasteiger partial charge in [-0.05, 0) is 49.4 Å². The molecule has 15 heavy (non-hydrogen) atoms. The van der Waals surface area contributed by atoms with E-state index in [1.807, 2.05) is 6.92 Å². The van der Waals surface area contributed by atoms with Gasteiger partial charge in [-0.25, -0.2) is 0 Å². The van der Waals surface area contributed by atoms with Gasteiger partial charge >= 0.3 is 0 Å². The number of benzene rings is 1. The molecule has 0 radical (unpaired) electrons. The van der Waals surface area contributed by atoms with Crippen molar-refractivity contribution < 1.29 is 4.74 Å². The van der Waals surface area contributed by atoms with Crippen LogP contribution in [0.15, 0.2) is 12.1 Å². The van der Waals surface area contributed by atoms with Crippen LogP contribution in [0.3, 0.4) is 0 Å². The summed E-state index contributed by atoms with van der Waals surface area (Å²) in [7, 11) is 0. The van der Waals surface area contributed by atoms with Gasteiger partial charge < -0.3 is 4.74 Å². The Bertz CT molecular complexity index is 315. The number of aryl methyl sites for hydroxylation is 2. The maximum absolute atomic E-state index is 5.71. The largest absolute Gasteiger partial charge is 0.494 e. The summed E-state index contributed by atoms with van der Waals surface area (Å²) in [6.07, 6.45) is 3.39.